The Kier molecular flexibility index (Phi) is 20.0. The first-order valence-electron chi connectivity index (χ1n) is 5.26. The molecule has 0 saturated carbocycles. The van der Waals surface area contributed by atoms with Gasteiger partial charge in [-0.25, -0.2) is 12.1 Å². The molecule has 0 unspecified atom stereocenters. The Labute approximate surface area is 130 Å². The molecule has 4 nitrogen and oxygen atoms in total. The Morgan fingerprint density at radius 2 is 1.35 bits per heavy atom. The van der Waals surface area contributed by atoms with E-state index in [0.29, 0.717) is 5.69 Å². The number of rotatable bonds is 1. The molecule has 0 atom stereocenters. The number of anilines is 1. The normalized spacial score (nSPS) is 6.90. The van der Waals surface area contributed by atoms with E-state index >= 15 is 0 Å². The maximum Gasteiger partial charge on any atom is 2.00 e. The van der Waals surface area contributed by atoms with Gasteiger partial charge in [0.1, 0.15) is 0 Å². The molecule has 0 bridgehead atoms. The minimum Gasteiger partial charge on any atom is -0.214 e. The van der Waals surface area contributed by atoms with Gasteiger partial charge in [0, 0.05) is 19.8 Å². The number of nitrogens with one attached hydrogen (secondary N) is 1. The summed E-state index contributed by atoms with van der Waals surface area (Å²) >= 11 is 0. The fraction of sp³-hybridized carbons (Fsp3) is 0.133. The van der Waals surface area contributed by atoms with Crippen molar-refractivity contribution in [2.45, 2.75) is 0 Å². The van der Waals surface area contributed by atoms with E-state index in [1.54, 1.807) is 12.1 Å². The summed E-state index contributed by atoms with van der Waals surface area (Å²) in [6, 6.07) is 17.4. The zero-order valence-corrected chi connectivity index (χ0v) is 12.4. The van der Waals surface area contributed by atoms with Gasteiger partial charge in [-0.15, -0.1) is 5.69 Å². The summed E-state index contributed by atoms with van der Waals surface area (Å²) in [5, 5.41) is 0. The van der Waals surface area contributed by atoms with Crippen LogP contribution in [0, 0.1) is 13.3 Å². The number of hydrogen-bond acceptors (Lipinski definition) is 1. The third kappa shape index (κ3) is 12.6. The smallest absolute Gasteiger partial charge is 0.214 e. The van der Waals surface area contributed by atoms with Crippen LogP contribution in [0.4, 0.5) is 11.4 Å². The van der Waals surface area contributed by atoms with Crippen LogP contribution in [0.15, 0.2) is 54.6 Å². The summed E-state index contributed by atoms with van der Waals surface area (Å²) in [6.45, 7) is 9.00. The molecule has 2 rings (SSSR count). The van der Waals surface area contributed by atoms with Gasteiger partial charge in [0.25, 0.3) is 0 Å². The summed E-state index contributed by atoms with van der Waals surface area (Å²) in [7, 11) is 3.97. The Hall–Kier alpha value is -1.83. The quantitative estimate of drug-likeness (QED) is 0.449. The van der Waals surface area contributed by atoms with Crippen LogP contribution in [-0.2, 0) is 26.4 Å². The molecule has 0 spiro atoms. The molecule has 0 aliphatic carbocycles. The zero-order valence-electron chi connectivity index (χ0n) is 11.3. The Morgan fingerprint density at radius 1 is 0.950 bits per heavy atom. The fourth-order valence-corrected chi connectivity index (χ4v) is 1.08. The van der Waals surface area contributed by atoms with Gasteiger partial charge in [-0.3, -0.25) is 0 Å². The molecule has 1 N–H and O–H groups in total. The Balaban J connectivity index is -0.000000246. The average Bonchev–Trinajstić information content (AvgIpc) is 3.03. The van der Waals surface area contributed by atoms with E-state index < -0.39 is 0 Å². The second-order valence-corrected chi connectivity index (χ2v) is 3.40. The van der Waals surface area contributed by atoms with E-state index in [2.05, 4.69) is 13.3 Å². The molecule has 2 aromatic rings. The van der Waals surface area contributed by atoms with Crippen molar-refractivity contribution < 1.29 is 26.4 Å². The van der Waals surface area contributed by atoms with Crippen LogP contribution < -0.4 is 4.90 Å². The van der Waals surface area contributed by atoms with E-state index in [0.717, 1.165) is 5.69 Å². The molecular formula is C15H16FeN2O2. The molecule has 0 fully saturated rings. The average molecular weight is 312 g/mol. The van der Waals surface area contributed by atoms with E-state index in [9.17, 15) is 0 Å². The molecule has 0 heterocycles. The van der Waals surface area contributed by atoms with Gasteiger partial charge < -0.3 is 10.6 Å². The SMILES string of the molecule is CN(C)c1ccc([NH-])cc1.[C-]#[O+].[C-]#[O+].[Fe+2].c1cc[cH-]c1. The summed E-state index contributed by atoms with van der Waals surface area (Å²) in [5.74, 6) is 0. The summed E-state index contributed by atoms with van der Waals surface area (Å²) < 4.78 is 15.0. The topological polar surface area (TPSA) is 66.8 Å². The first kappa shape index (κ1) is 23.3. The van der Waals surface area contributed by atoms with Gasteiger partial charge in [-0.2, -0.15) is 18.2 Å². The summed E-state index contributed by atoms with van der Waals surface area (Å²) in [4.78, 5) is 2.01. The van der Waals surface area contributed by atoms with Crippen molar-refractivity contribution in [3.8, 4) is 0 Å². The molecule has 2 aromatic carbocycles. The first-order chi connectivity index (χ1) is 9.20. The predicted octanol–water partition coefficient (Wildman–Crippen LogP) is 3.76. The minimum absolute atomic E-state index is 0. The summed E-state index contributed by atoms with van der Waals surface area (Å²) in [6.07, 6.45) is 0. The molecular weight excluding hydrogens is 296 g/mol. The number of nitrogens with zero attached hydrogens (tertiary/aromatic N) is 1. The van der Waals surface area contributed by atoms with Crippen molar-refractivity contribution in [1.29, 1.82) is 0 Å². The van der Waals surface area contributed by atoms with Crippen molar-refractivity contribution >= 4 is 11.4 Å². The van der Waals surface area contributed by atoms with Crippen molar-refractivity contribution in [3.05, 3.63) is 73.6 Å². The molecule has 0 amide bonds. The van der Waals surface area contributed by atoms with Crippen LogP contribution in [0.2, 0.25) is 0 Å². The summed E-state index contributed by atoms with van der Waals surface area (Å²) in [5.41, 5.74) is 8.91. The zero-order chi connectivity index (χ0) is 15.1. The van der Waals surface area contributed by atoms with Crippen molar-refractivity contribution in [3.63, 3.8) is 0 Å². The maximum absolute atomic E-state index is 7.50. The Morgan fingerprint density at radius 3 is 1.60 bits per heavy atom. The molecule has 5 heteroatoms. The second kappa shape index (κ2) is 17.2. The molecule has 20 heavy (non-hydrogen) atoms. The molecule has 0 saturated heterocycles. The van der Waals surface area contributed by atoms with Gasteiger partial charge in [-0.05, 0) is 12.1 Å². The van der Waals surface area contributed by atoms with Gasteiger partial charge in [-0.1, -0.05) is 12.1 Å². The van der Waals surface area contributed by atoms with E-state index in [4.69, 9.17) is 15.0 Å². The van der Waals surface area contributed by atoms with Crippen LogP contribution in [0.3, 0.4) is 0 Å². The monoisotopic (exact) mass is 312 g/mol. The predicted molar refractivity (Wildman–Crippen MR) is 74.6 cm³/mol. The third-order valence-corrected chi connectivity index (χ3v) is 1.94. The third-order valence-electron chi connectivity index (χ3n) is 1.94. The molecule has 0 radical (unpaired) electrons. The van der Waals surface area contributed by atoms with Crippen LogP contribution in [0.5, 0.6) is 0 Å². The number of benzene rings is 1. The van der Waals surface area contributed by atoms with Crippen molar-refractivity contribution in [2.24, 2.45) is 0 Å². The standard InChI is InChI=1S/C8H11N2.C5H5.2CO.Fe/c1-10(2)8-5-3-7(9)4-6-8;1-2-4-5-3-1;2*1-2;/h3-6,9H,1-2H3;1-5H;;;/q2*-1;;;+2. The van der Waals surface area contributed by atoms with Crippen molar-refractivity contribution in [2.75, 3.05) is 19.0 Å². The fourth-order valence-electron chi connectivity index (χ4n) is 1.08. The van der Waals surface area contributed by atoms with Gasteiger partial charge in [0.15, 0.2) is 0 Å². The molecule has 0 aliphatic heterocycles. The molecule has 0 aliphatic rings. The molecule has 0 aromatic heterocycles. The number of hydrogen-bond donors (Lipinski definition) is 0. The van der Waals surface area contributed by atoms with Gasteiger partial charge >= 0.3 is 39.7 Å². The van der Waals surface area contributed by atoms with Crippen LogP contribution >= 0.6 is 0 Å². The van der Waals surface area contributed by atoms with Crippen molar-refractivity contribution in [1.82, 2.24) is 0 Å². The molecule has 106 valence electrons. The largest absolute Gasteiger partial charge is 2.00 e. The van der Waals surface area contributed by atoms with Crippen LogP contribution in [-0.4, -0.2) is 14.1 Å². The van der Waals surface area contributed by atoms with Crippen LogP contribution in [0.1, 0.15) is 0 Å². The second-order valence-electron chi connectivity index (χ2n) is 3.40. The maximum atomic E-state index is 7.50. The Bertz CT molecular complexity index is 411. The van der Waals surface area contributed by atoms with E-state index in [1.165, 1.54) is 0 Å². The van der Waals surface area contributed by atoms with Crippen LogP contribution in [0.25, 0.3) is 5.73 Å². The first-order valence-corrected chi connectivity index (χ1v) is 5.26. The van der Waals surface area contributed by atoms with Gasteiger partial charge in [0.2, 0.25) is 0 Å². The van der Waals surface area contributed by atoms with E-state index in [1.807, 2.05) is 61.5 Å². The van der Waals surface area contributed by atoms with E-state index in [-0.39, 0.29) is 17.1 Å². The van der Waals surface area contributed by atoms with Gasteiger partial charge in [0.05, 0.1) is 0 Å². The minimum atomic E-state index is 0.